The largest absolute Gasteiger partial charge is 0.330 e. The molecule has 0 atom stereocenters. The monoisotopic (exact) mass is 474 g/mol. The molecule has 2 aliphatic heterocycles. The molecule has 0 aliphatic carbocycles. The minimum absolute atomic E-state index is 0.113. The molecule has 4 heterocycles. The molecule has 29 heavy (non-hydrogen) atoms. The van der Waals surface area contributed by atoms with Crippen LogP contribution in [-0.2, 0) is 26.2 Å². The van der Waals surface area contributed by atoms with Gasteiger partial charge in [-0.2, -0.15) is 0 Å². The highest BCUT2D eigenvalue weighted by Gasteiger charge is 2.57. The first-order chi connectivity index (χ1) is 14.0. The van der Waals surface area contributed by atoms with Crippen molar-refractivity contribution < 1.29 is 2.10 Å². The highest BCUT2D eigenvalue weighted by atomic mass is 32.3. The Labute approximate surface area is 188 Å². The first kappa shape index (κ1) is 21.6. The van der Waals surface area contributed by atoms with E-state index in [0.29, 0.717) is 2.10 Å². The Morgan fingerprint density at radius 2 is 0.793 bits per heavy atom. The number of imidazole rings is 2. The topological polar surface area (TPSA) is 53.9 Å². The molecule has 160 valence electrons. The minimum atomic E-state index is 0.113. The van der Waals surface area contributed by atoms with Crippen LogP contribution < -0.4 is 11.4 Å². The smallest absolute Gasteiger partial charge is 0.281 e. The van der Waals surface area contributed by atoms with Crippen LogP contribution in [0.5, 0.6) is 0 Å². The molecule has 0 saturated heterocycles. The molecule has 0 N–H and O–H groups in total. The average molecular weight is 475 g/mol. The molecular formula is C18H28N5O2S4+. The van der Waals surface area contributed by atoms with Crippen LogP contribution in [0.1, 0.15) is 53.4 Å². The number of quaternary nitrogens is 1. The summed E-state index contributed by atoms with van der Waals surface area (Å²) in [4.78, 5) is 25.8. The first-order valence-corrected chi connectivity index (χ1v) is 13.4. The molecule has 0 fully saturated rings. The second kappa shape index (κ2) is 8.49. The molecule has 2 aromatic rings. The van der Waals surface area contributed by atoms with Crippen LogP contribution in [0.2, 0.25) is 0 Å². The number of fused-ring (bicyclic) bond motifs is 2. The van der Waals surface area contributed by atoms with Crippen molar-refractivity contribution in [3.05, 3.63) is 21.0 Å². The Kier molecular flexibility index (Phi) is 6.32. The molecule has 11 heteroatoms. The Balaban J connectivity index is 1.73. The van der Waals surface area contributed by atoms with E-state index in [0.717, 1.165) is 72.0 Å². The summed E-state index contributed by atoms with van der Waals surface area (Å²) >= 11 is 6.94. The van der Waals surface area contributed by atoms with Crippen LogP contribution in [0, 0.1) is 0 Å². The van der Waals surface area contributed by atoms with Gasteiger partial charge in [0.1, 0.15) is 0 Å². The van der Waals surface area contributed by atoms with Gasteiger partial charge in [-0.25, -0.2) is 9.59 Å². The van der Waals surface area contributed by atoms with Crippen LogP contribution in [0.25, 0.3) is 0 Å². The quantitative estimate of drug-likeness (QED) is 0.404. The highest BCUT2D eigenvalue weighted by molar-refractivity contribution is 8.31. The summed E-state index contributed by atoms with van der Waals surface area (Å²) in [5, 5.41) is 4.30. The van der Waals surface area contributed by atoms with E-state index in [2.05, 4.69) is 27.7 Å². The van der Waals surface area contributed by atoms with Gasteiger partial charge in [0.05, 0.1) is 0 Å². The molecular weight excluding hydrogens is 446 g/mol. The molecule has 0 amide bonds. The molecule has 0 saturated carbocycles. The molecule has 0 radical (unpaired) electrons. The number of nitrogens with zero attached hydrogens (tertiary/aromatic N) is 5. The Morgan fingerprint density at radius 1 is 0.552 bits per heavy atom. The molecule has 2 aromatic heterocycles. The minimum Gasteiger partial charge on any atom is -0.281 e. The van der Waals surface area contributed by atoms with Gasteiger partial charge < -0.3 is 0 Å². The maximum absolute atomic E-state index is 12.9. The zero-order valence-electron chi connectivity index (χ0n) is 17.3. The summed E-state index contributed by atoms with van der Waals surface area (Å²) < 4.78 is 8.38. The summed E-state index contributed by atoms with van der Waals surface area (Å²) in [6.45, 7) is 11.4. The van der Waals surface area contributed by atoms with Crippen molar-refractivity contribution in [2.24, 2.45) is 0 Å². The van der Waals surface area contributed by atoms with E-state index in [4.69, 9.17) is 0 Å². The molecule has 2 aliphatic rings. The summed E-state index contributed by atoms with van der Waals surface area (Å²) in [5.41, 5.74) is 0.225. The Morgan fingerprint density at radius 3 is 1.00 bits per heavy atom. The van der Waals surface area contributed by atoms with Gasteiger partial charge in [-0.05, 0) is 25.7 Å². The van der Waals surface area contributed by atoms with E-state index < -0.39 is 0 Å². The van der Waals surface area contributed by atoms with Crippen LogP contribution in [0.4, 0.5) is 0 Å². The van der Waals surface area contributed by atoms with Crippen LogP contribution >= 0.6 is 47.8 Å². The normalized spacial score (nSPS) is 16.7. The van der Waals surface area contributed by atoms with Gasteiger partial charge >= 0.3 is 11.4 Å². The van der Waals surface area contributed by atoms with Gasteiger partial charge in [0.15, 0.2) is 67.9 Å². The lowest BCUT2D eigenvalue weighted by Gasteiger charge is -2.17. The van der Waals surface area contributed by atoms with E-state index in [9.17, 15) is 9.59 Å². The van der Waals surface area contributed by atoms with Gasteiger partial charge in [-0.15, -0.1) is 0 Å². The van der Waals surface area contributed by atoms with Gasteiger partial charge in [0.25, 0.3) is 0 Å². The average Bonchev–Trinajstić information content (AvgIpc) is 3.37. The fraction of sp³-hybridized carbons (Fsp3) is 0.667. The maximum Gasteiger partial charge on any atom is 0.330 e. The Bertz CT molecular complexity index is 876. The number of rotatable bonds is 8. The molecule has 1 spiro atoms. The summed E-state index contributed by atoms with van der Waals surface area (Å²) in [6.07, 6.45) is 3.75. The lowest BCUT2D eigenvalue weighted by atomic mass is 10.5. The second-order valence-corrected chi connectivity index (χ2v) is 13.1. The third kappa shape index (κ3) is 3.46. The summed E-state index contributed by atoms with van der Waals surface area (Å²) in [5.74, 6) is 0. The van der Waals surface area contributed by atoms with Gasteiger partial charge in [0, 0.05) is 26.2 Å². The fourth-order valence-electron chi connectivity index (χ4n) is 3.67. The zero-order valence-corrected chi connectivity index (χ0v) is 20.6. The molecule has 4 rings (SSSR count). The maximum atomic E-state index is 12.9. The first-order valence-electron chi connectivity index (χ1n) is 10.3. The predicted octanol–water partition coefficient (Wildman–Crippen LogP) is 4.83. The van der Waals surface area contributed by atoms with Crippen molar-refractivity contribution in [1.82, 2.24) is 18.3 Å². The van der Waals surface area contributed by atoms with Crippen molar-refractivity contribution in [1.29, 1.82) is 0 Å². The second-order valence-electron chi connectivity index (χ2n) is 7.20. The van der Waals surface area contributed by atoms with E-state index in [1.165, 1.54) is 0 Å². The molecule has 7 nitrogen and oxygen atoms in total. The lowest BCUT2D eigenvalue weighted by molar-refractivity contribution is -0.268. The third-order valence-electron chi connectivity index (χ3n) is 4.85. The van der Waals surface area contributed by atoms with Gasteiger partial charge in [0.2, 0.25) is 0 Å². The van der Waals surface area contributed by atoms with Crippen molar-refractivity contribution in [2.45, 2.75) is 99.7 Å². The van der Waals surface area contributed by atoms with Crippen molar-refractivity contribution in [3.8, 4) is 0 Å². The van der Waals surface area contributed by atoms with Crippen molar-refractivity contribution in [2.75, 3.05) is 0 Å². The summed E-state index contributed by atoms with van der Waals surface area (Å²) in [6, 6.07) is 0. The van der Waals surface area contributed by atoms with E-state index in [1.54, 1.807) is 47.8 Å². The van der Waals surface area contributed by atoms with Gasteiger partial charge in [-0.3, -0.25) is 18.3 Å². The SMILES string of the molecule is CCCn1c2c(n(CCC)c1=O)S[N+]1(S2)Sc2c(n(CCC)c(=O)n2CCC)S1. The predicted molar refractivity (Wildman–Crippen MR) is 122 cm³/mol. The third-order valence-corrected chi connectivity index (χ3v) is 11.0. The molecule has 0 bridgehead atoms. The van der Waals surface area contributed by atoms with Crippen LogP contribution in [0.3, 0.4) is 0 Å². The van der Waals surface area contributed by atoms with E-state index in [1.807, 2.05) is 18.3 Å². The lowest BCUT2D eigenvalue weighted by Crippen LogP contribution is -2.28. The summed E-state index contributed by atoms with van der Waals surface area (Å²) in [7, 11) is 0. The zero-order chi connectivity index (χ0) is 20.8. The standard InChI is InChI=1S/C18H28N5O2S4/c1-5-9-19-13-14(20(10-6-2)17(19)24)27-23(26-13)28-15-16(29-23)22(12-8-4)18(25)21(15)11-7-3/h5-12H2,1-4H3/q+1. The van der Waals surface area contributed by atoms with Crippen molar-refractivity contribution in [3.63, 3.8) is 0 Å². The van der Waals surface area contributed by atoms with E-state index >= 15 is 0 Å². The van der Waals surface area contributed by atoms with Crippen LogP contribution in [-0.4, -0.2) is 20.4 Å². The van der Waals surface area contributed by atoms with E-state index in [-0.39, 0.29) is 11.4 Å². The number of aromatic nitrogens is 4. The fourth-order valence-corrected chi connectivity index (χ4v) is 10.2. The van der Waals surface area contributed by atoms with Crippen LogP contribution in [0.15, 0.2) is 29.7 Å². The molecule has 0 aromatic carbocycles. The highest BCUT2D eigenvalue weighted by Crippen LogP contribution is 2.70. The number of hydrogen-bond acceptors (Lipinski definition) is 6. The van der Waals surface area contributed by atoms with Crippen molar-refractivity contribution >= 4 is 47.8 Å². The molecule has 0 unspecified atom stereocenters. The van der Waals surface area contributed by atoms with Gasteiger partial charge in [-0.1, -0.05) is 29.8 Å². The number of hydrogen-bond donors (Lipinski definition) is 0. The Hall–Kier alpha value is -0.620.